The Balaban J connectivity index is 1.74. The van der Waals surface area contributed by atoms with Gasteiger partial charge >= 0.3 is 0 Å². The molecule has 4 rings (SSSR count). The van der Waals surface area contributed by atoms with Crippen molar-refractivity contribution in [2.24, 2.45) is 0 Å². The van der Waals surface area contributed by atoms with Gasteiger partial charge in [-0.2, -0.15) is 0 Å². The minimum atomic E-state index is -1.32. The molecule has 0 radical (unpaired) electrons. The normalized spacial score (nSPS) is 19.5. The van der Waals surface area contributed by atoms with E-state index in [1.807, 2.05) is 24.3 Å². The first-order valence-corrected chi connectivity index (χ1v) is 13.9. The number of nitrogens with two attached hydrogens (primary N) is 2. The van der Waals surface area contributed by atoms with E-state index in [-0.39, 0.29) is 0 Å². The van der Waals surface area contributed by atoms with Crippen molar-refractivity contribution < 1.29 is 0 Å². The van der Waals surface area contributed by atoms with Crippen molar-refractivity contribution in [1.29, 1.82) is 0 Å². The molecule has 3 aromatic rings. The van der Waals surface area contributed by atoms with Crippen LogP contribution in [0.1, 0.15) is 36.1 Å². The van der Waals surface area contributed by atoms with Crippen LogP contribution in [0, 0.1) is 0 Å². The molecule has 1 aliphatic heterocycles. The Morgan fingerprint density at radius 1 is 0.655 bits per heavy atom. The lowest BCUT2D eigenvalue weighted by Crippen LogP contribution is -2.37. The Labute approximate surface area is 175 Å². The highest BCUT2D eigenvalue weighted by atomic mass is 28.3. The van der Waals surface area contributed by atoms with E-state index in [1.165, 1.54) is 22.0 Å². The molecule has 1 aliphatic rings. The molecular weight excluding hydrogens is 370 g/mol. The fourth-order valence-electron chi connectivity index (χ4n) is 4.40. The van der Waals surface area contributed by atoms with Gasteiger partial charge in [-0.25, -0.2) is 0 Å². The Morgan fingerprint density at radius 2 is 1.07 bits per heavy atom. The zero-order valence-electron chi connectivity index (χ0n) is 17.6. The summed E-state index contributed by atoms with van der Waals surface area (Å²) in [6, 6.07) is 26.7. The standard InChI is InChI=1S/C25H31N3Si/c1-29(2,3)23-14-12-22(13-15-23)28-24(18-4-8-20(26)9-5-18)16-17-25(28)19-6-10-21(27)11-7-19/h4-15,24-25H,16-17,26-27H2,1-3H3/t24-,25-/m0/s1. The van der Waals surface area contributed by atoms with E-state index in [1.54, 1.807) is 0 Å². The number of nitrogens with zero attached hydrogens (tertiary/aromatic N) is 1. The molecule has 1 saturated heterocycles. The number of hydrogen-bond acceptors (Lipinski definition) is 3. The second kappa shape index (κ2) is 7.60. The summed E-state index contributed by atoms with van der Waals surface area (Å²) in [5.41, 5.74) is 17.4. The molecule has 1 fully saturated rings. The van der Waals surface area contributed by atoms with E-state index in [0.717, 1.165) is 24.2 Å². The van der Waals surface area contributed by atoms with E-state index in [2.05, 4.69) is 73.1 Å². The van der Waals surface area contributed by atoms with Gasteiger partial charge in [-0.1, -0.05) is 61.2 Å². The molecule has 150 valence electrons. The fraction of sp³-hybridized carbons (Fsp3) is 0.280. The molecule has 29 heavy (non-hydrogen) atoms. The molecule has 0 amide bonds. The maximum atomic E-state index is 5.94. The minimum absolute atomic E-state index is 0.343. The first-order chi connectivity index (χ1) is 13.8. The summed E-state index contributed by atoms with van der Waals surface area (Å²) >= 11 is 0. The average molecular weight is 402 g/mol. The number of hydrogen-bond donors (Lipinski definition) is 2. The zero-order valence-corrected chi connectivity index (χ0v) is 18.6. The smallest absolute Gasteiger partial charge is 0.0775 e. The van der Waals surface area contributed by atoms with E-state index >= 15 is 0 Å². The van der Waals surface area contributed by atoms with Crippen molar-refractivity contribution in [2.45, 2.75) is 44.6 Å². The number of nitrogen functional groups attached to an aromatic ring is 2. The van der Waals surface area contributed by atoms with Gasteiger partial charge in [0.2, 0.25) is 0 Å². The SMILES string of the molecule is C[Si](C)(C)c1ccc(N2[C@H](c3ccc(N)cc3)CC[C@H]2c2ccc(N)cc2)cc1. The van der Waals surface area contributed by atoms with Gasteiger partial charge in [-0.15, -0.1) is 0 Å². The van der Waals surface area contributed by atoms with Crippen LogP contribution in [0.2, 0.25) is 19.6 Å². The van der Waals surface area contributed by atoms with Gasteiger partial charge in [0, 0.05) is 17.1 Å². The van der Waals surface area contributed by atoms with Crippen LogP contribution >= 0.6 is 0 Å². The quantitative estimate of drug-likeness (QED) is 0.450. The Morgan fingerprint density at radius 3 is 1.45 bits per heavy atom. The summed E-state index contributed by atoms with van der Waals surface area (Å²) in [6.07, 6.45) is 2.24. The van der Waals surface area contributed by atoms with Gasteiger partial charge in [0.25, 0.3) is 0 Å². The third-order valence-electron chi connectivity index (χ3n) is 6.06. The zero-order chi connectivity index (χ0) is 20.6. The minimum Gasteiger partial charge on any atom is -0.399 e. The Kier molecular flexibility index (Phi) is 5.13. The molecule has 2 atom stereocenters. The van der Waals surface area contributed by atoms with Gasteiger partial charge < -0.3 is 16.4 Å². The van der Waals surface area contributed by atoms with Crippen molar-refractivity contribution in [3.63, 3.8) is 0 Å². The van der Waals surface area contributed by atoms with E-state index in [0.29, 0.717) is 12.1 Å². The van der Waals surface area contributed by atoms with Crippen LogP contribution < -0.4 is 21.6 Å². The first kappa shape index (κ1) is 19.6. The van der Waals surface area contributed by atoms with Crippen LogP contribution in [0.25, 0.3) is 0 Å². The molecule has 4 heteroatoms. The maximum absolute atomic E-state index is 5.94. The molecule has 1 heterocycles. The lowest BCUT2D eigenvalue weighted by Gasteiger charge is -2.34. The van der Waals surface area contributed by atoms with Crippen LogP contribution in [0.3, 0.4) is 0 Å². The number of benzene rings is 3. The second-order valence-electron chi connectivity index (χ2n) is 9.15. The molecule has 0 bridgehead atoms. The van der Waals surface area contributed by atoms with E-state index < -0.39 is 8.07 Å². The first-order valence-electron chi connectivity index (χ1n) is 10.4. The van der Waals surface area contributed by atoms with Gasteiger partial charge in [0.05, 0.1) is 20.2 Å². The lowest BCUT2D eigenvalue weighted by molar-refractivity contribution is 0.675. The van der Waals surface area contributed by atoms with Gasteiger partial charge in [0.15, 0.2) is 0 Å². The summed E-state index contributed by atoms with van der Waals surface area (Å²) in [5.74, 6) is 0. The maximum Gasteiger partial charge on any atom is 0.0775 e. The summed E-state index contributed by atoms with van der Waals surface area (Å²) in [5, 5.41) is 1.49. The number of rotatable bonds is 4. The van der Waals surface area contributed by atoms with Crippen molar-refractivity contribution in [3.05, 3.63) is 83.9 Å². The third kappa shape index (κ3) is 4.03. The monoisotopic (exact) mass is 401 g/mol. The Bertz CT molecular complexity index is 903. The van der Waals surface area contributed by atoms with Crippen molar-refractivity contribution in [3.8, 4) is 0 Å². The predicted molar refractivity (Wildman–Crippen MR) is 128 cm³/mol. The Hall–Kier alpha value is -2.72. The average Bonchev–Trinajstić information content (AvgIpc) is 3.13. The highest BCUT2D eigenvalue weighted by Crippen LogP contribution is 2.46. The van der Waals surface area contributed by atoms with Crippen LogP contribution in [0.5, 0.6) is 0 Å². The molecule has 4 N–H and O–H groups in total. The van der Waals surface area contributed by atoms with Crippen molar-refractivity contribution in [1.82, 2.24) is 0 Å². The van der Waals surface area contributed by atoms with Crippen molar-refractivity contribution >= 4 is 30.3 Å². The summed E-state index contributed by atoms with van der Waals surface area (Å²) in [6.45, 7) is 7.19. The summed E-state index contributed by atoms with van der Waals surface area (Å²) < 4.78 is 0. The summed E-state index contributed by atoms with van der Waals surface area (Å²) in [7, 11) is -1.32. The molecular formula is C25H31N3Si. The predicted octanol–water partition coefficient (Wildman–Crippen LogP) is 5.48. The highest BCUT2D eigenvalue weighted by molar-refractivity contribution is 6.88. The number of anilines is 3. The van der Waals surface area contributed by atoms with Crippen LogP contribution in [-0.2, 0) is 0 Å². The molecule has 0 aromatic heterocycles. The van der Waals surface area contributed by atoms with E-state index in [9.17, 15) is 0 Å². The third-order valence-corrected chi connectivity index (χ3v) is 8.12. The van der Waals surface area contributed by atoms with Gasteiger partial charge in [-0.05, 0) is 60.4 Å². The molecule has 3 aromatic carbocycles. The second-order valence-corrected chi connectivity index (χ2v) is 14.2. The van der Waals surface area contributed by atoms with Crippen LogP contribution in [0.15, 0.2) is 72.8 Å². The van der Waals surface area contributed by atoms with Crippen LogP contribution in [0.4, 0.5) is 17.1 Å². The summed E-state index contributed by atoms with van der Waals surface area (Å²) in [4.78, 5) is 2.59. The van der Waals surface area contributed by atoms with Crippen LogP contribution in [-0.4, -0.2) is 8.07 Å². The highest BCUT2D eigenvalue weighted by Gasteiger charge is 2.35. The molecule has 3 nitrogen and oxygen atoms in total. The molecule has 0 spiro atoms. The fourth-order valence-corrected chi connectivity index (χ4v) is 5.56. The lowest BCUT2D eigenvalue weighted by atomic mass is 10.0. The topological polar surface area (TPSA) is 55.3 Å². The molecule has 0 unspecified atom stereocenters. The van der Waals surface area contributed by atoms with Gasteiger partial charge in [-0.3, -0.25) is 0 Å². The van der Waals surface area contributed by atoms with Gasteiger partial charge in [0.1, 0.15) is 0 Å². The van der Waals surface area contributed by atoms with Crippen molar-refractivity contribution in [2.75, 3.05) is 16.4 Å². The molecule has 0 aliphatic carbocycles. The van der Waals surface area contributed by atoms with E-state index in [4.69, 9.17) is 11.5 Å². The largest absolute Gasteiger partial charge is 0.399 e. The molecule has 0 saturated carbocycles.